The number of ketones is 1. The zero-order valence-corrected chi connectivity index (χ0v) is 19.5. The van der Waals surface area contributed by atoms with Gasteiger partial charge in [0.1, 0.15) is 0 Å². The Hall–Kier alpha value is -1.43. The third kappa shape index (κ3) is 4.05. The van der Waals surface area contributed by atoms with Gasteiger partial charge in [-0.3, -0.25) is 9.69 Å². The first-order chi connectivity index (χ1) is 15.0. The number of ether oxygens (including phenoxy) is 1. The number of carbonyl (C=O) groups is 1. The molecule has 1 aromatic rings. The van der Waals surface area contributed by atoms with Gasteiger partial charge in [-0.05, 0) is 79.7 Å². The lowest BCUT2D eigenvalue weighted by Crippen LogP contribution is -2.61. The minimum atomic E-state index is 0.0714. The SMILES string of the molecule is COCCN1CCC(Nc2ccc3c(c2)[C@]2(C)CCN(CC4CC4)[C@H](C3=O)[C@@H]2C)CC1. The molecule has 0 aromatic heterocycles. The predicted molar refractivity (Wildman–Crippen MR) is 125 cm³/mol. The summed E-state index contributed by atoms with van der Waals surface area (Å²) in [6.45, 7) is 11.0. The van der Waals surface area contributed by atoms with E-state index in [2.05, 4.69) is 47.2 Å². The van der Waals surface area contributed by atoms with Crippen LogP contribution in [0.5, 0.6) is 0 Å². The molecule has 0 unspecified atom stereocenters. The molecule has 2 aliphatic heterocycles. The van der Waals surface area contributed by atoms with Gasteiger partial charge in [-0.15, -0.1) is 0 Å². The Labute approximate surface area is 187 Å². The third-order valence-corrected chi connectivity index (χ3v) is 8.72. The van der Waals surface area contributed by atoms with Crippen molar-refractivity contribution in [1.82, 2.24) is 9.80 Å². The summed E-state index contributed by atoms with van der Waals surface area (Å²) in [7, 11) is 1.77. The molecule has 31 heavy (non-hydrogen) atoms. The smallest absolute Gasteiger partial charge is 0.180 e. The van der Waals surface area contributed by atoms with Crippen molar-refractivity contribution in [2.24, 2.45) is 11.8 Å². The van der Waals surface area contributed by atoms with Crippen molar-refractivity contribution < 1.29 is 9.53 Å². The molecule has 170 valence electrons. The first-order valence-corrected chi connectivity index (χ1v) is 12.4. The highest BCUT2D eigenvalue weighted by Crippen LogP contribution is 2.50. The van der Waals surface area contributed by atoms with E-state index >= 15 is 0 Å². The van der Waals surface area contributed by atoms with Gasteiger partial charge in [0.25, 0.3) is 0 Å². The van der Waals surface area contributed by atoms with Crippen molar-refractivity contribution in [1.29, 1.82) is 0 Å². The third-order valence-electron chi connectivity index (χ3n) is 8.72. The number of nitrogens with zero attached hydrogens (tertiary/aromatic N) is 2. The molecular formula is C26H39N3O2. The number of fused-ring (bicyclic) bond motifs is 4. The van der Waals surface area contributed by atoms with E-state index in [4.69, 9.17) is 4.74 Å². The van der Waals surface area contributed by atoms with Crippen LogP contribution in [-0.4, -0.2) is 74.1 Å². The van der Waals surface area contributed by atoms with Gasteiger partial charge >= 0.3 is 0 Å². The second-order valence-corrected chi connectivity index (χ2v) is 10.7. The van der Waals surface area contributed by atoms with Crippen molar-refractivity contribution in [3.63, 3.8) is 0 Å². The van der Waals surface area contributed by atoms with E-state index in [1.54, 1.807) is 7.11 Å². The van der Waals surface area contributed by atoms with E-state index in [1.165, 1.54) is 24.1 Å². The van der Waals surface area contributed by atoms with Crippen molar-refractivity contribution >= 4 is 11.5 Å². The fourth-order valence-corrected chi connectivity index (χ4v) is 6.25. The minimum Gasteiger partial charge on any atom is -0.383 e. The summed E-state index contributed by atoms with van der Waals surface area (Å²) >= 11 is 0. The van der Waals surface area contributed by atoms with E-state index in [0.29, 0.717) is 17.7 Å². The van der Waals surface area contributed by atoms with Crippen LogP contribution in [0.1, 0.15) is 61.9 Å². The first-order valence-electron chi connectivity index (χ1n) is 12.4. The van der Waals surface area contributed by atoms with Gasteiger partial charge in [0, 0.05) is 50.6 Å². The molecule has 2 bridgehead atoms. The molecule has 4 aliphatic rings. The predicted octanol–water partition coefficient (Wildman–Crippen LogP) is 3.78. The Kier molecular flexibility index (Phi) is 5.87. The Morgan fingerprint density at radius 2 is 1.94 bits per heavy atom. The monoisotopic (exact) mass is 425 g/mol. The summed E-state index contributed by atoms with van der Waals surface area (Å²) in [5, 5.41) is 3.79. The van der Waals surface area contributed by atoms with Gasteiger partial charge in [0.15, 0.2) is 5.78 Å². The van der Waals surface area contributed by atoms with E-state index in [0.717, 1.165) is 70.1 Å². The van der Waals surface area contributed by atoms with Crippen LogP contribution < -0.4 is 5.32 Å². The van der Waals surface area contributed by atoms with Crippen molar-refractivity contribution in [2.45, 2.75) is 63.5 Å². The lowest BCUT2D eigenvalue weighted by Gasteiger charge is -2.53. The molecule has 0 amide bonds. The molecule has 3 fully saturated rings. The standard InChI is InChI=1S/C26H39N3O2/c1-18-24-25(30)22-7-6-21(27-20-8-11-28(12-9-20)14-15-31-3)16-23(22)26(18,2)10-13-29(24)17-19-4-5-19/h6-7,16,18-20,24,27H,4-5,8-15,17H2,1-3H3/t18-,24-,26+/m0/s1. The van der Waals surface area contributed by atoms with Gasteiger partial charge < -0.3 is 15.0 Å². The summed E-state index contributed by atoms with van der Waals surface area (Å²) in [6, 6.07) is 7.16. The number of methoxy groups -OCH3 is 1. The highest BCUT2D eigenvalue weighted by atomic mass is 16.5. The van der Waals surface area contributed by atoms with E-state index in [1.807, 2.05) is 0 Å². The number of likely N-dealkylation sites (tertiary alicyclic amines) is 2. The molecule has 1 N–H and O–H groups in total. The molecule has 5 rings (SSSR count). The molecular weight excluding hydrogens is 386 g/mol. The maximum Gasteiger partial charge on any atom is 0.180 e. The average molecular weight is 426 g/mol. The zero-order chi connectivity index (χ0) is 21.6. The molecule has 2 saturated heterocycles. The number of hydrogen-bond donors (Lipinski definition) is 1. The first kappa shape index (κ1) is 21.4. The summed E-state index contributed by atoms with van der Waals surface area (Å²) in [4.78, 5) is 18.5. The molecule has 1 aromatic carbocycles. The molecule has 1 saturated carbocycles. The highest BCUT2D eigenvalue weighted by molar-refractivity contribution is 6.04. The number of benzene rings is 1. The lowest BCUT2D eigenvalue weighted by atomic mass is 9.58. The Balaban J connectivity index is 1.31. The maximum atomic E-state index is 13.5. The van der Waals surface area contributed by atoms with Crippen LogP contribution in [0.15, 0.2) is 18.2 Å². The summed E-state index contributed by atoms with van der Waals surface area (Å²) < 4.78 is 5.22. The summed E-state index contributed by atoms with van der Waals surface area (Å²) in [6.07, 6.45) is 6.16. The van der Waals surface area contributed by atoms with Crippen LogP contribution in [-0.2, 0) is 10.2 Å². The minimum absolute atomic E-state index is 0.0714. The average Bonchev–Trinajstić information content (AvgIpc) is 3.59. The molecule has 2 heterocycles. The number of Topliss-reactive ketones (excluding diaryl/α,β-unsaturated/α-hetero) is 1. The van der Waals surface area contributed by atoms with Gasteiger partial charge in [0.05, 0.1) is 12.6 Å². The van der Waals surface area contributed by atoms with Crippen LogP contribution in [0, 0.1) is 11.8 Å². The summed E-state index contributed by atoms with van der Waals surface area (Å²) in [5.41, 5.74) is 3.55. The van der Waals surface area contributed by atoms with E-state index in [9.17, 15) is 4.79 Å². The van der Waals surface area contributed by atoms with Crippen molar-refractivity contribution in [2.75, 3.05) is 51.8 Å². The second-order valence-electron chi connectivity index (χ2n) is 10.7. The van der Waals surface area contributed by atoms with Gasteiger partial charge in [-0.1, -0.05) is 13.8 Å². The van der Waals surface area contributed by atoms with Crippen LogP contribution in [0.25, 0.3) is 0 Å². The Morgan fingerprint density at radius 3 is 2.65 bits per heavy atom. The quantitative estimate of drug-likeness (QED) is 0.720. The van der Waals surface area contributed by atoms with Crippen LogP contribution in [0.4, 0.5) is 5.69 Å². The van der Waals surface area contributed by atoms with Crippen LogP contribution in [0.2, 0.25) is 0 Å². The van der Waals surface area contributed by atoms with Crippen LogP contribution >= 0.6 is 0 Å². The van der Waals surface area contributed by atoms with E-state index < -0.39 is 0 Å². The van der Waals surface area contributed by atoms with Crippen molar-refractivity contribution in [3.8, 4) is 0 Å². The number of nitrogens with one attached hydrogen (secondary N) is 1. The van der Waals surface area contributed by atoms with Gasteiger partial charge in [-0.2, -0.15) is 0 Å². The van der Waals surface area contributed by atoms with Crippen molar-refractivity contribution in [3.05, 3.63) is 29.3 Å². The second kappa shape index (κ2) is 8.49. The van der Waals surface area contributed by atoms with Gasteiger partial charge in [-0.25, -0.2) is 0 Å². The Morgan fingerprint density at radius 1 is 1.16 bits per heavy atom. The Bertz CT molecular complexity index is 815. The largest absolute Gasteiger partial charge is 0.383 e. The molecule has 0 spiro atoms. The molecule has 5 heteroatoms. The zero-order valence-electron chi connectivity index (χ0n) is 19.5. The number of anilines is 1. The normalized spacial score (nSPS) is 32.2. The number of rotatable bonds is 7. The van der Waals surface area contributed by atoms with Crippen LogP contribution in [0.3, 0.4) is 0 Å². The molecule has 0 radical (unpaired) electrons. The molecule has 2 aliphatic carbocycles. The fraction of sp³-hybridized carbons (Fsp3) is 0.731. The summed E-state index contributed by atoms with van der Waals surface area (Å²) in [5.74, 6) is 1.57. The highest BCUT2D eigenvalue weighted by Gasteiger charge is 2.52. The van der Waals surface area contributed by atoms with E-state index in [-0.39, 0.29) is 11.5 Å². The number of piperidine rings is 2. The maximum absolute atomic E-state index is 13.5. The lowest BCUT2D eigenvalue weighted by molar-refractivity contribution is 0.0266. The number of hydrogen-bond acceptors (Lipinski definition) is 5. The number of carbonyl (C=O) groups excluding carboxylic acids is 1. The van der Waals surface area contributed by atoms with Gasteiger partial charge in [0.2, 0.25) is 0 Å². The molecule has 3 atom stereocenters. The molecule has 5 nitrogen and oxygen atoms in total. The topological polar surface area (TPSA) is 44.8 Å². The fourth-order valence-electron chi connectivity index (χ4n) is 6.25.